The van der Waals surface area contributed by atoms with Crippen LogP contribution in [0.3, 0.4) is 0 Å². The predicted molar refractivity (Wildman–Crippen MR) is 78.5 cm³/mol. The van der Waals surface area contributed by atoms with Gasteiger partial charge in [-0.05, 0) is 31.0 Å². The molecule has 0 saturated heterocycles. The van der Waals surface area contributed by atoms with Crippen molar-refractivity contribution in [3.05, 3.63) is 23.8 Å². The first-order valence-corrected chi connectivity index (χ1v) is 6.62. The maximum atomic E-state index is 12.1. The second-order valence-corrected chi connectivity index (χ2v) is 5.20. The summed E-state index contributed by atoms with van der Waals surface area (Å²) in [6.07, 6.45) is 2.10. The van der Waals surface area contributed by atoms with Gasteiger partial charge < -0.3 is 21.3 Å². The summed E-state index contributed by atoms with van der Waals surface area (Å²) in [4.78, 5) is 25.2. The molecule has 0 atom stereocenters. The number of benzene rings is 1. The molecule has 0 unspecified atom stereocenters. The molecule has 6 nitrogen and oxygen atoms in total. The smallest absolute Gasteiger partial charge is 0.255 e. The number of carbonyl (C=O) groups excluding carboxylic acids is 2. The molecule has 1 fully saturated rings. The van der Waals surface area contributed by atoms with Crippen molar-refractivity contribution in [1.29, 1.82) is 0 Å². The first-order valence-electron chi connectivity index (χ1n) is 6.62. The van der Waals surface area contributed by atoms with E-state index in [0.29, 0.717) is 23.0 Å². The van der Waals surface area contributed by atoms with Crippen molar-refractivity contribution in [2.24, 2.45) is 0 Å². The fraction of sp³-hybridized carbons (Fsp3) is 0.429. The number of hydrogen-bond acceptors (Lipinski definition) is 4. The Labute approximate surface area is 118 Å². The predicted octanol–water partition coefficient (Wildman–Crippen LogP) is 0.661. The van der Waals surface area contributed by atoms with Crippen molar-refractivity contribution in [1.82, 2.24) is 10.2 Å². The van der Waals surface area contributed by atoms with E-state index in [1.807, 2.05) is 0 Å². The number of nitrogen functional groups attached to an aromatic ring is 1. The molecule has 1 saturated carbocycles. The Morgan fingerprint density at radius 3 is 2.65 bits per heavy atom. The van der Waals surface area contributed by atoms with Crippen LogP contribution in [0.2, 0.25) is 0 Å². The molecule has 108 valence electrons. The van der Waals surface area contributed by atoms with Gasteiger partial charge in [0.25, 0.3) is 5.91 Å². The standard InChI is InChI=1S/C14H20N4O2/c1-18(2)14(20)11-6-3-9(15)7-12(11)16-8-13(19)17-10-4-5-10/h3,6-7,10,16H,4-5,8,15H2,1-2H3,(H,17,19). The zero-order valence-corrected chi connectivity index (χ0v) is 11.8. The fourth-order valence-electron chi connectivity index (χ4n) is 1.82. The van der Waals surface area contributed by atoms with Gasteiger partial charge in [-0.3, -0.25) is 9.59 Å². The van der Waals surface area contributed by atoms with Crippen LogP contribution in [0.5, 0.6) is 0 Å². The molecule has 1 aromatic carbocycles. The average Bonchev–Trinajstić information content (AvgIpc) is 3.19. The van der Waals surface area contributed by atoms with Gasteiger partial charge in [-0.15, -0.1) is 0 Å². The molecule has 0 bridgehead atoms. The first kappa shape index (κ1) is 14.2. The van der Waals surface area contributed by atoms with Gasteiger partial charge in [0.1, 0.15) is 0 Å². The number of hydrogen-bond donors (Lipinski definition) is 3. The van der Waals surface area contributed by atoms with Crippen LogP contribution in [-0.2, 0) is 4.79 Å². The van der Waals surface area contributed by atoms with Crippen LogP contribution in [-0.4, -0.2) is 43.4 Å². The zero-order valence-electron chi connectivity index (χ0n) is 11.8. The number of nitrogens with two attached hydrogens (primary N) is 1. The summed E-state index contributed by atoms with van der Waals surface area (Å²) < 4.78 is 0. The SMILES string of the molecule is CN(C)C(=O)c1ccc(N)cc1NCC(=O)NC1CC1. The van der Waals surface area contributed by atoms with E-state index >= 15 is 0 Å². The van der Waals surface area contributed by atoms with Gasteiger partial charge in [-0.1, -0.05) is 0 Å². The molecule has 1 aromatic rings. The molecular formula is C14H20N4O2. The molecule has 20 heavy (non-hydrogen) atoms. The summed E-state index contributed by atoms with van der Waals surface area (Å²) in [5.74, 6) is -0.201. The Morgan fingerprint density at radius 2 is 2.05 bits per heavy atom. The van der Waals surface area contributed by atoms with E-state index < -0.39 is 0 Å². The Kier molecular flexibility index (Phi) is 4.12. The van der Waals surface area contributed by atoms with E-state index in [-0.39, 0.29) is 18.4 Å². The highest BCUT2D eigenvalue weighted by molar-refractivity contribution is 6.00. The maximum absolute atomic E-state index is 12.1. The number of nitrogens with one attached hydrogen (secondary N) is 2. The van der Waals surface area contributed by atoms with Crippen LogP contribution in [0.25, 0.3) is 0 Å². The number of amides is 2. The van der Waals surface area contributed by atoms with Crippen molar-refractivity contribution in [2.45, 2.75) is 18.9 Å². The lowest BCUT2D eigenvalue weighted by atomic mass is 10.1. The van der Waals surface area contributed by atoms with Crippen LogP contribution in [0.15, 0.2) is 18.2 Å². The average molecular weight is 276 g/mol. The molecule has 0 radical (unpaired) electrons. The van der Waals surface area contributed by atoms with E-state index in [4.69, 9.17) is 5.73 Å². The minimum Gasteiger partial charge on any atom is -0.399 e. The summed E-state index contributed by atoms with van der Waals surface area (Å²) >= 11 is 0. The molecular weight excluding hydrogens is 256 g/mol. The Bertz CT molecular complexity index is 524. The normalized spacial score (nSPS) is 13.7. The number of carbonyl (C=O) groups is 2. The Balaban J connectivity index is 2.06. The van der Waals surface area contributed by atoms with Gasteiger partial charge in [-0.2, -0.15) is 0 Å². The number of nitrogens with zero attached hydrogens (tertiary/aromatic N) is 1. The van der Waals surface area contributed by atoms with Crippen molar-refractivity contribution in [2.75, 3.05) is 31.7 Å². The Morgan fingerprint density at radius 1 is 1.35 bits per heavy atom. The lowest BCUT2D eigenvalue weighted by Crippen LogP contribution is -2.32. The van der Waals surface area contributed by atoms with Crippen LogP contribution in [0.1, 0.15) is 23.2 Å². The van der Waals surface area contributed by atoms with Crippen LogP contribution in [0, 0.1) is 0 Å². The molecule has 0 heterocycles. The summed E-state index contributed by atoms with van der Waals surface area (Å²) in [6, 6.07) is 5.33. The molecule has 6 heteroatoms. The van der Waals surface area contributed by atoms with E-state index in [1.54, 1.807) is 32.3 Å². The number of anilines is 2. The lowest BCUT2D eigenvalue weighted by Gasteiger charge is -2.16. The van der Waals surface area contributed by atoms with Crippen LogP contribution >= 0.6 is 0 Å². The molecule has 4 N–H and O–H groups in total. The fourth-order valence-corrected chi connectivity index (χ4v) is 1.82. The Hall–Kier alpha value is -2.24. The van der Waals surface area contributed by atoms with Gasteiger partial charge in [-0.25, -0.2) is 0 Å². The maximum Gasteiger partial charge on any atom is 0.255 e. The van der Waals surface area contributed by atoms with E-state index in [0.717, 1.165) is 12.8 Å². The van der Waals surface area contributed by atoms with Gasteiger partial charge in [0.2, 0.25) is 5.91 Å². The van der Waals surface area contributed by atoms with E-state index in [1.165, 1.54) is 4.90 Å². The van der Waals surface area contributed by atoms with Crippen molar-refractivity contribution in [3.8, 4) is 0 Å². The monoisotopic (exact) mass is 276 g/mol. The zero-order chi connectivity index (χ0) is 14.7. The highest BCUT2D eigenvalue weighted by atomic mass is 16.2. The minimum absolute atomic E-state index is 0.0711. The van der Waals surface area contributed by atoms with Gasteiger partial charge in [0.15, 0.2) is 0 Å². The number of rotatable bonds is 5. The molecule has 1 aliphatic rings. The second-order valence-electron chi connectivity index (χ2n) is 5.20. The summed E-state index contributed by atoms with van der Waals surface area (Å²) in [7, 11) is 3.37. The summed E-state index contributed by atoms with van der Waals surface area (Å²) in [5, 5.41) is 5.87. The van der Waals surface area contributed by atoms with Gasteiger partial charge in [0, 0.05) is 31.5 Å². The third kappa shape index (κ3) is 3.63. The molecule has 2 rings (SSSR count). The van der Waals surface area contributed by atoms with Crippen molar-refractivity contribution in [3.63, 3.8) is 0 Å². The highest BCUT2D eigenvalue weighted by Crippen LogP contribution is 2.21. The van der Waals surface area contributed by atoms with Crippen molar-refractivity contribution < 1.29 is 9.59 Å². The van der Waals surface area contributed by atoms with Gasteiger partial charge >= 0.3 is 0 Å². The summed E-state index contributed by atoms with van der Waals surface area (Å²) in [6.45, 7) is 0.133. The quantitative estimate of drug-likeness (QED) is 0.689. The topological polar surface area (TPSA) is 87.5 Å². The van der Waals surface area contributed by atoms with Crippen LogP contribution in [0.4, 0.5) is 11.4 Å². The third-order valence-corrected chi connectivity index (χ3v) is 3.06. The molecule has 0 aromatic heterocycles. The van der Waals surface area contributed by atoms with Crippen molar-refractivity contribution >= 4 is 23.2 Å². The van der Waals surface area contributed by atoms with Crippen LogP contribution < -0.4 is 16.4 Å². The van der Waals surface area contributed by atoms with E-state index in [9.17, 15) is 9.59 Å². The summed E-state index contributed by atoms with van der Waals surface area (Å²) in [5.41, 5.74) is 7.36. The van der Waals surface area contributed by atoms with E-state index in [2.05, 4.69) is 10.6 Å². The highest BCUT2D eigenvalue weighted by Gasteiger charge is 2.23. The first-order chi connectivity index (χ1) is 9.47. The second kappa shape index (κ2) is 5.81. The molecule has 0 aliphatic heterocycles. The van der Waals surface area contributed by atoms with Gasteiger partial charge in [0.05, 0.1) is 12.1 Å². The molecule has 2 amide bonds. The largest absolute Gasteiger partial charge is 0.399 e. The minimum atomic E-state index is -0.130. The molecule has 0 spiro atoms. The lowest BCUT2D eigenvalue weighted by molar-refractivity contribution is -0.119. The third-order valence-electron chi connectivity index (χ3n) is 3.06. The molecule has 1 aliphatic carbocycles.